The van der Waals surface area contributed by atoms with Gasteiger partial charge in [0.15, 0.2) is 0 Å². The minimum atomic E-state index is -4.83. The van der Waals surface area contributed by atoms with E-state index < -0.39 is 38.4 Å². The van der Waals surface area contributed by atoms with Crippen molar-refractivity contribution < 1.29 is 31.1 Å². The molecule has 2 rings (SSSR count). The molecule has 1 aromatic heterocycles. The van der Waals surface area contributed by atoms with Gasteiger partial charge in [0.25, 0.3) is 10.0 Å². The number of anilines is 1. The van der Waals surface area contributed by atoms with Gasteiger partial charge in [-0.15, -0.1) is 0 Å². The molecule has 0 bridgehead atoms. The third kappa shape index (κ3) is 4.77. The van der Waals surface area contributed by atoms with Gasteiger partial charge >= 0.3 is 6.18 Å². The Hall–Kier alpha value is -1.82. The average molecular weight is 435 g/mol. The summed E-state index contributed by atoms with van der Waals surface area (Å²) in [5, 5.41) is -0.618. The van der Waals surface area contributed by atoms with Gasteiger partial charge in [0.2, 0.25) is 0 Å². The van der Waals surface area contributed by atoms with Crippen LogP contribution in [-0.4, -0.2) is 42.2 Å². The van der Waals surface area contributed by atoms with Gasteiger partial charge in [0, 0.05) is 26.0 Å². The molecule has 12 heteroatoms. The topological polar surface area (TPSA) is 68.7 Å². The van der Waals surface area contributed by atoms with Crippen LogP contribution < -0.4 is 9.90 Å². The maximum atomic E-state index is 13.1. The monoisotopic (exact) mass is 434 g/mol. The second-order valence-corrected chi connectivity index (χ2v) is 7.86. The number of hydrogen-bond donors (Lipinski definition) is 0. The molecule has 0 aliphatic rings. The maximum absolute atomic E-state index is 13.1. The molecule has 0 amide bonds. The Morgan fingerprint density at radius 3 is 2.46 bits per heavy atom. The number of methoxy groups -OCH3 is 2. The standard InChI is InChI=1S/C16H15BClF3N2O4S/c1-26-8-10-5-14(15(17)22-7-10)23(9-27-2)28(24,25)11-3-4-13(18)12(6-11)16(19,20)21/h3-7H,8-9H2,1-2H3. The first kappa shape index (κ1) is 22.5. The highest BCUT2D eigenvalue weighted by atomic mass is 35.5. The summed E-state index contributed by atoms with van der Waals surface area (Å²) in [4.78, 5) is 3.29. The maximum Gasteiger partial charge on any atom is 0.417 e. The zero-order chi connectivity index (χ0) is 21.1. The van der Waals surface area contributed by atoms with E-state index in [-0.39, 0.29) is 17.9 Å². The van der Waals surface area contributed by atoms with Crippen molar-refractivity contribution in [2.45, 2.75) is 17.7 Å². The molecule has 2 aromatic rings. The van der Waals surface area contributed by atoms with E-state index in [4.69, 9.17) is 28.9 Å². The number of aromatic nitrogens is 1. The number of pyridine rings is 1. The molecule has 0 N–H and O–H groups in total. The summed E-state index contributed by atoms with van der Waals surface area (Å²) in [7, 11) is 3.99. The summed E-state index contributed by atoms with van der Waals surface area (Å²) in [6, 6.07) is 3.70. The molecule has 0 aliphatic heterocycles. The third-order valence-electron chi connectivity index (χ3n) is 3.61. The van der Waals surface area contributed by atoms with Crippen molar-refractivity contribution in [1.29, 1.82) is 0 Å². The Morgan fingerprint density at radius 2 is 1.89 bits per heavy atom. The van der Waals surface area contributed by atoms with E-state index in [1.165, 1.54) is 26.5 Å². The molecule has 0 fully saturated rings. The predicted octanol–water partition coefficient (Wildman–Crippen LogP) is 2.49. The average Bonchev–Trinajstić information content (AvgIpc) is 2.61. The van der Waals surface area contributed by atoms with Gasteiger partial charge in [-0.25, -0.2) is 12.7 Å². The van der Waals surface area contributed by atoms with Gasteiger partial charge < -0.3 is 9.47 Å². The molecule has 28 heavy (non-hydrogen) atoms. The van der Waals surface area contributed by atoms with Gasteiger partial charge in [-0.1, -0.05) is 11.6 Å². The van der Waals surface area contributed by atoms with Crippen molar-refractivity contribution in [3.05, 3.63) is 46.6 Å². The first-order valence-corrected chi connectivity index (χ1v) is 9.46. The summed E-state index contributed by atoms with van der Waals surface area (Å²) in [5.74, 6) is 0. The molecule has 1 aromatic carbocycles. The normalized spacial score (nSPS) is 12.2. The molecular formula is C16H15BClF3N2O4S. The van der Waals surface area contributed by atoms with Gasteiger partial charge in [-0.2, -0.15) is 13.2 Å². The Balaban J connectivity index is 2.62. The highest BCUT2D eigenvalue weighted by molar-refractivity contribution is 7.92. The predicted molar refractivity (Wildman–Crippen MR) is 98.3 cm³/mol. The number of nitrogens with zero attached hydrogens (tertiary/aromatic N) is 2. The van der Waals surface area contributed by atoms with E-state index in [0.29, 0.717) is 11.6 Å². The van der Waals surface area contributed by atoms with Crippen LogP contribution >= 0.6 is 11.6 Å². The number of benzene rings is 1. The van der Waals surface area contributed by atoms with Crippen LogP contribution in [0.15, 0.2) is 35.4 Å². The van der Waals surface area contributed by atoms with E-state index in [1.807, 2.05) is 0 Å². The van der Waals surface area contributed by atoms with Gasteiger partial charge in [-0.3, -0.25) is 4.98 Å². The van der Waals surface area contributed by atoms with Gasteiger partial charge in [-0.05, 0) is 29.8 Å². The smallest absolute Gasteiger partial charge is 0.380 e. The molecule has 150 valence electrons. The summed E-state index contributed by atoms with van der Waals surface area (Å²) in [5.41, 5.74) is -0.965. The van der Waals surface area contributed by atoms with Crippen LogP contribution in [0.1, 0.15) is 11.1 Å². The molecule has 6 nitrogen and oxygen atoms in total. The number of halogens is 4. The minimum Gasteiger partial charge on any atom is -0.380 e. The van der Waals surface area contributed by atoms with Crippen LogP contribution in [0.2, 0.25) is 5.02 Å². The summed E-state index contributed by atoms with van der Waals surface area (Å²) in [6.07, 6.45) is -3.43. The molecule has 0 saturated carbocycles. The number of ether oxygens (including phenoxy) is 2. The lowest BCUT2D eigenvalue weighted by Gasteiger charge is -2.26. The lowest BCUT2D eigenvalue weighted by Crippen LogP contribution is -2.37. The molecular weight excluding hydrogens is 420 g/mol. The fourth-order valence-corrected chi connectivity index (χ4v) is 3.98. The zero-order valence-electron chi connectivity index (χ0n) is 14.8. The molecule has 0 aliphatic carbocycles. The van der Waals surface area contributed by atoms with E-state index in [1.54, 1.807) is 0 Å². The SMILES string of the molecule is [B]c1ncc(COC)cc1N(COC)S(=O)(=O)c1ccc(Cl)c(C(F)(F)F)c1. The minimum absolute atomic E-state index is 0.0556. The largest absolute Gasteiger partial charge is 0.417 e. The van der Waals surface area contributed by atoms with Gasteiger partial charge in [0.1, 0.15) is 14.6 Å². The Labute approximate surface area is 166 Å². The first-order valence-electron chi connectivity index (χ1n) is 7.64. The van der Waals surface area contributed by atoms with E-state index in [2.05, 4.69) is 4.98 Å². The summed E-state index contributed by atoms with van der Waals surface area (Å²) >= 11 is 5.57. The highest BCUT2D eigenvalue weighted by Gasteiger charge is 2.36. The summed E-state index contributed by atoms with van der Waals surface area (Å²) < 4.78 is 76.1. The van der Waals surface area contributed by atoms with Crippen molar-refractivity contribution in [3.63, 3.8) is 0 Å². The van der Waals surface area contributed by atoms with Crippen molar-refractivity contribution in [3.8, 4) is 0 Å². The van der Waals surface area contributed by atoms with Crippen molar-refractivity contribution in [2.75, 3.05) is 25.3 Å². The number of rotatable bonds is 7. The molecule has 0 spiro atoms. The molecule has 0 unspecified atom stereocenters. The number of hydrogen-bond acceptors (Lipinski definition) is 5. The quantitative estimate of drug-likeness (QED) is 0.495. The van der Waals surface area contributed by atoms with E-state index >= 15 is 0 Å². The lowest BCUT2D eigenvalue weighted by atomic mass is 10.0. The number of alkyl halides is 3. The Morgan fingerprint density at radius 1 is 1.21 bits per heavy atom. The second-order valence-electron chi connectivity index (χ2n) is 5.59. The van der Waals surface area contributed by atoms with E-state index in [9.17, 15) is 21.6 Å². The molecule has 2 radical (unpaired) electrons. The molecule has 0 saturated heterocycles. The Bertz CT molecular complexity index is 957. The van der Waals surface area contributed by atoms with Crippen molar-refractivity contribution in [2.24, 2.45) is 0 Å². The summed E-state index contributed by atoms with van der Waals surface area (Å²) in [6.45, 7) is -0.380. The highest BCUT2D eigenvalue weighted by Crippen LogP contribution is 2.36. The van der Waals surface area contributed by atoms with Crippen LogP contribution in [0.3, 0.4) is 0 Å². The number of sulfonamides is 1. The van der Waals surface area contributed by atoms with Crippen LogP contribution in [0.5, 0.6) is 0 Å². The van der Waals surface area contributed by atoms with E-state index in [0.717, 1.165) is 16.4 Å². The van der Waals surface area contributed by atoms with Crippen LogP contribution in [-0.2, 0) is 32.3 Å². The fraction of sp³-hybridized carbons (Fsp3) is 0.312. The van der Waals surface area contributed by atoms with Crippen LogP contribution in [0.4, 0.5) is 18.9 Å². The van der Waals surface area contributed by atoms with Crippen molar-refractivity contribution >= 4 is 40.8 Å². The zero-order valence-corrected chi connectivity index (χ0v) is 16.4. The van der Waals surface area contributed by atoms with Crippen LogP contribution in [0, 0.1) is 0 Å². The second kappa shape index (κ2) is 8.68. The molecule has 0 atom stereocenters. The fourth-order valence-electron chi connectivity index (χ4n) is 2.35. The van der Waals surface area contributed by atoms with Crippen LogP contribution in [0.25, 0.3) is 0 Å². The molecule has 1 heterocycles. The third-order valence-corrected chi connectivity index (χ3v) is 5.67. The Kier molecular flexibility index (Phi) is 6.97. The van der Waals surface area contributed by atoms with Gasteiger partial charge in [0.05, 0.1) is 27.8 Å². The first-order chi connectivity index (χ1) is 13.0. The van der Waals surface area contributed by atoms with Crippen molar-refractivity contribution in [1.82, 2.24) is 4.98 Å². The lowest BCUT2D eigenvalue weighted by molar-refractivity contribution is -0.137.